The Morgan fingerprint density at radius 3 is 2.32 bits per heavy atom. The minimum atomic E-state index is -4.37. The zero-order chi connectivity index (χ0) is 14.0. The standard InChI is InChI=1S/C15H15F3O/c1-10(9-19)14(15(16,17)18)13-8-4-6-11-5-2-3-7-12(11)13/h2-8,10,14,19H,9H2,1H3. The Labute approximate surface area is 109 Å². The van der Waals surface area contributed by atoms with Crippen molar-refractivity contribution < 1.29 is 18.3 Å². The summed E-state index contributed by atoms with van der Waals surface area (Å²) in [7, 11) is 0. The van der Waals surface area contributed by atoms with Crippen molar-refractivity contribution in [3.05, 3.63) is 48.0 Å². The van der Waals surface area contributed by atoms with Crippen LogP contribution in [0.4, 0.5) is 13.2 Å². The van der Waals surface area contributed by atoms with Crippen molar-refractivity contribution in [1.82, 2.24) is 0 Å². The molecule has 2 aromatic rings. The quantitative estimate of drug-likeness (QED) is 0.888. The average molecular weight is 268 g/mol. The van der Waals surface area contributed by atoms with Crippen LogP contribution in [-0.4, -0.2) is 17.9 Å². The highest BCUT2D eigenvalue weighted by atomic mass is 19.4. The minimum absolute atomic E-state index is 0.229. The van der Waals surface area contributed by atoms with E-state index in [-0.39, 0.29) is 5.56 Å². The number of benzene rings is 2. The van der Waals surface area contributed by atoms with Gasteiger partial charge in [0.1, 0.15) is 0 Å². The lowest BCUT2D eigenvalue weighted by atomic mass is 9.84. The van der Waals surface area contributed by atoms with Crippen LogP contribution in [0.3, 0.4) is 0 Å². The highest BCUT2D eigenvalue weighted by molar-refractivity contribution is 5.86. The molecule has 0 heterocycles. The molecule has 1 N–H and O–H groups in total. The second-order valence-corrected chi connectivity index (χ2v) is 4.75. The summed E-state index contributed by atoms with van der Waals surface area (Å²) in [5.74, 6) is -2.52. The second kappa shape index (κ2) is 5.21. The van der Waals surface area contributed by atoms with Gasteiger partial charge in [-0.1, -0.05) is 49.4 Å². The summed E-state index contributed by atoms with van der Waals surface area (Å²) in [4.78, 5) is 0. The average Bonchev–Trinajstić information content (AvgIpc) is 2.37. The van der Waals surface area contributed by atoms with E-state index in [9.17, 15) is 13.2 Å². The highest BCUT2D eigenvalue weighted by Crippen LogP contribution is 2.42. The van der Waals surface area contributed by atoms with Gasteiger partial charge < -0.3 is 5.11 Å². The summed E-state index contributed by atoms with van der Waals surface area (Å²) in [6.45, 7) is 0.924. The first-order valence-electron chi connectivity index (χ1n) is 6.10. The van der Waals surface area contributed by atoms with Gasteiger partial charge in [-0.2, -0.15) is 13.2 Å². The Balaban J connectivity index is 2.63. The van der Waals surface area contributed by atoms with Gasteiger partial charge in [0.25, 0.3) is 0 Å². The topological polar surface area (TPSA) is 20.2 Å². The van der Waals surface area contributed by atoms with E-state index in [0.717, 1.165) is 5.39 Å². The molecule has 0 radical (unpaired) electrons. The van der Waals surface area contributed by atoms with Gasteiger partial charge in [-0.3, -0.25) is 0 Å². The minimum Gasteiger partial charge on any atom is -0.396 e. The lowest BCUT2D eigenvalue weighted by Crippen LogP contribution is -2.28. The molecule has 0 saturated carbocycles. The van der Waals surface area contributed by atoms with Gasteiger partial charge in [-0.15, -0.1) is 0 Å². The Hall–Kier alpha value is -1.55. The molecular formula is C15H15F3O. The van der Waals surface area contributed by atoms with Gasteiger partial charge in [-0.05, 0) is 22.3 Å². The van der Waals surface area contributed by atoms with E-state index < -0.39 is 24.6 Å². The second-order valence-electron chi connectivity index (χ2n) is 4.75. The molecule has 4 heteroatoms. The Bertz CT molecular complexity index is 557. The summed E-state index contributed by atoms with van der Waals surface area (Å²) in [5.41, 5.74) is 0.229. The van der Waals surface area contributed by atoms with Crippen molar-refractivity contribution in [3.8, 4) is 0 Å². The molecule has 0 aliphatic carbocycles. The van der Waals surface area contributed by atoms with Crippen molar-refractivity contribution in [3.63, 3.8) is 0 Å². The molecule has 2 atom stereocenters. The monoisotopic (exact) mass is 268 g/mol. The van der Waals surface area contributed by atoms with Gasteiger partial charge in [-0.25, -0.2) is 0 Å². The number of aliphatic hydroxyl groups excluding tert-OH is 1. The Morgan fingerprint density at radius 1 is 1.05 bits per heavy atom. The zero-order valence-corrected chi connectivity index (χ0v) is 10.5. The van der Waals surface area contributed by atoms with Crippen LogP contribution in [0.1, 0.15) is 18.4 Å². The summed E-state index contributed by atoms with van der Waals surface area (Å²) in [6, 6.07) is 11.9. The van der Waals surface area contributed by atoms with Crippen LogP contribution in [0.2, 0.25) is 0 Å². The van der Waals surface area contributed by atoms with Crippen molar-refractivity contribution in [1.29, 1.82) is 0 Å². The third-order valence-electron chi connectivity index (χ3n) is 3.37. The maximum absolute atomic E-state index is 13.3. The molecule has 0 bridgehead atoms. The van der Waals surface area contributed by atoms with Crippen LogP contribution < -0.4 is 0 Å². The maximum atomic E-state index is 13.3. The van der Waals surface area contributed by atoms with E-state index in [1.807, 2.05) is 0 Å². The molecule has 0 saturated heterocycles. The third-order valence-corrected chi connectivity index (χ3v) is 3.37. The van der Waals surface area contributed by atoms with E-state index in [1.165, 1.54) is 13.0 Å². The number of fused-ring (bicyclic) bond motifs is 1. The smallest absolute Gasteiger partial charge is 0.396 e. The van der Waals surface area contributed by atoms with E-state index in [4.69, 9.17) is 5.11 Å². The van der Waals surface area contributed by atoms with Gasteiger partial charge in [0.15, 0.2) is 0 Å². The third kappa shape index (κ3) is 2.73. The predicted molar refractivity (Wildman–Crippen MR) is 69.0 cm³/mol. The Morgan fingerprint density at radius 2 is 1.68 bits per heavy atom. The lowest BCUT2D eigenvalue weighted by Gasteiger charge is -2.26. The first-order chi connectivity index (χ1) is 8.95. The summed E-state index contributed by atoms with van der Waals surface area (Å²) in [5, 5.41) is 10.5. The summed E-state index contributed by atoms with van der Waals surface area (Å²) < 4.78 is 39.8. The van der Waals surface area contributed by atoms with Gasteiger partial charge in [0.05, 0.1) is 5.92 Å². The molecule has 2 unspecified atom stereocenters. The fourth-order valence-electron chi connectivity index (χ4n) is 2.43. The fourth-order valence-corrected chi connectivity index (χ4v) is 2.43. The maximum Gasteiger partial charge on any atom is 0.396 e. The molecule has 0 fully saturated rings. The van der Waals surface area contributed by atoms with E-state index in [1.54, 1.807) is 36.4 Å². The van der Waals surface area contributed by atoms with Crippen molar-refractivity contribution in [2.24, 2.45) is 5.92 Å². The molecule has 1 nitrogen and oxygen atoms in total. The van der Waals surface area contributed by atoms with Gasteiger partial charge in [0.2, 0.25) is 0 Å². The van der Waals surface area contributed by atoms with Crippen LogP contribution in [0.5, 0.6) is 0 Å². The highest BCUT2D eigenvalue weighted by Gasteiger charge is 2.44. The first kappa shape index (κ1) is 13.9. The zero-order valence-electron chi connectivity index (χ0n) is 10.5. The normalized spacial score (nSPS) is 15.4. The van der Waals surface area contributed by atoms with Crippen molar-refractivity contribution in [2.75, 3.05) is 6.61 Å². The number of aliphatic hydroxyl groups is 1. The van der Waals surface area contributed by atoms with E-state index in [0.29, 0.717) is 5.39 Å². The van der Waals surface area contributed by atoms with Crippen LogP contribution >= 0.6 is 0 Å². The van der Waals surface area contributed by atoms with Crippen LogP contribution in [-0.2, 0) is 0 Å². The first-order valence-corrected chi connectivity index (χ1v) is 6.10. The molecule has 0 aromatic heterocycles. The Kier molecular flexibility index (Phi) is 3.80. The van der Waals surface area contributed by atoms with Crippen LogP contribution in [0.15, 0.2) is 42.5 Å². The predicted octanol–water partition coefficient (Wildman–Crippen LogP) is 4.11. The van der Waals surface area contributed by atoms with Gasteiger partial charge >= 0.3 is 6.18 Å². The molecule has 0 amide bonds. The fraction of sp³-hybridized carbons (Fsp3) is 0.333. The molecule has 0 aliphatic rings. The van der Waals surface area contributed by atoms with Gasteiger partial charge in [0, 0.05) is 6.61 Å². The molecule has 2 rings (SSSR count). The van der Waals surface area contributed by atoms with Crippen LogP contribution in [0.25, 0.3) is 10.8 Å². The molecule has 102 valence electrons. The molecular weight excluding hydrogens is 253 g/mol. The number of hydrogen-bond acceptors (Lipinski definition) is 1. The molecule has 19 heavy (non-hydrogen) atoms. The van der Waals surface area contributed by atoms with E-state index >= 15 is 0 Å². The number of rotatable bonds is 3. The number of halogens is 3. The molecule has 0 spiro atoms. The van der Waals surface area contributed by atoms with Crippen LogP contribution in [0, 0.1) is 5.92 Å². The van der Waals surface area contributed by atoms with Crippen molar-refractivity contribution >= 4 is 10.8 Å². The summed E-state index contributed by atoms with van der Waals surface area (Å²) >= 11 is 0. The summed E-state index contributed by atoms with van der Waals surface area (Å²) in [6.07, 6.45) is -4.37. The molecule has 2 aromatic carbocycles. The van der Waals surface area contributed by atoms with Crippen molar-refractivity contribution in [2.45, 2.75) is 19.0 Å². The van der Waals surface area contributed by atoms with E-state index in [2.05, 4.69) is 0 Å². The lowest BCUT2D eigenvalue weighted by molar-refractivity contribution is -0.163. The largest absolute Gasteiger partial charge is 0.396 e. The number of hydrogen-bond donors (Lipinski definition) is 1. The SMILES string of the molecule is CC(CO)C(c1cccc2ccccc12)C(F)(F)F. The molecule has 0 aliphatic heterocycles. The number of alkyl halides is 3.